The second-order valence-electron chi connectivity index (χ2n) is 11.8. The summed E-state index contributed by atoms with van der Waals surface area (Å²) in [6, 6.07) is 11.3. The number of hydrogen-bond acceptors (Lipinski definition) is 4. The topological polar surface area (TPSA) is 72.5 Å². The molecule has 0 radical (unpaired) electrons. The molecule has 2 atom stereocenters. The van der Waals surface area contributed by atoms with Crippen molar-refractivity contribution in [2.24, 2.45) is 5.92 Å². The Kier molecular flexibility index (Phi) is 7.42. The summed E-state index contributed by atoms with van der Waals surface area (Å²) in [6.07, 6.45) is 3.04. The van der Waals surface area contributed by atoms with E-state index in [0.717, 1.165) is 50.3 Å². The van der Waals surface area contributed by atoms with Gasteiger partial charge >= 0.3 is 0 Å². The van der Waals surface area contributed by atoms with Crippen molar-refractivity contribution in [3.05, 3.63) is 52.8 Å². The molecule has 0 bridgehead atoms. The number of amides is 1. The summed E-state index contributed by atoms with van der Waals surface area (Å²) in [5, 5.41) is 11.0. The van der Waals surface area contributed by atoms with Crippen LogP contribution in [0.3, 0.4) is 0 Å². The van der Waals surface area contributed by atoms with E-state index in [1.807, 2.05) is 4.90 Å². The zero-order chi connectivity index (χ0) is 26.3. The van der Waals surface area contributed by atoms with Crippen LogP contribution in [-0.2, 0) is 4.79 Å². The molecule has 2 aliphatic rings. The molecule has 0 unspecified atom stereocenters. The Labute approximate surface area is 221 Å². The molecule has 4 heterocycles. The number of fused-ring (bicyclic) bond motifs is 1. The molecule has 1 aromatic carbocycles. The molecule has 5 rings (SSSR count). The quantitative estimate of drug-likeness (QED) is 0.475. The second-order valence-corrected chi connectivity index (χ2v) is 11.8. The lowest BCUT2D eigenvalue weighted by Crippen LogP contribution is -2.45. The molecule has 3 aromatic rings. The Morgan fingerprint density at radius 3 is 2.49 bits per heavy atom. The van der Waals surface area contributed by atoms with Crippen LogP contribution in [0.15, 0.2) is 30.3 Å². The number of carbonyl (C=O) groups is 1. The largest absolute Gasteiger partial charge is 0.394 e. The Morgan fingerprint density at radius 1 is 1.14 bits per heavy atom. The summed E-state index contributed by atoms with van der Waals surface area (Å²) in [5.41, 5.74) is 8.48. The summed E-state index contributed by atoms with van der Waals surface area (Å²) in [5.74, 6) is 1.55. The van der Waals surface area contributed by atoms with Crippen molar-refractivity contribution in [2.75, 3.05) is 32.8 Å². The van der Waals surface area contributed by atoms with E-state index in [2.05, 4.69) is 79.8 Å². The number of aromatic amines is 1. The number of likely N-dealkylation sites (tertiary alicyclic amines) is 2. The van der Waals surface area contributed by atoms with E-state index in [4.69, 9.17) is 0 Å². The van der Waals surface area contributed by atoms with Gasteiger partial charge in [-0.15, -0.1) is 0 Å². The number of nitrogens with one attached hydrogen (secondary N) is 1. The first-order valence-electron chi connectivity index (χ1n) is 14.0. The van der Waals surface area contributed by atoms with E-state index in [9.17, 15) is 9.90 Å². The fourth-order valence-electron chi connectivity index (χ4n) is 6.63. The summed E-state index contributed by atoms with van der Waals surface area (Å²) in [4.78, 5) is 25.5. The number of piperidine rings is 1. The molecule has 37 heavy (non-hydrogen) atoms. The normalized spacial score (nSPS) is 21.4. The van der Waals surface area contributed by atoms with Gasteiger partial charge in [-0.25, -0.2) is 0 Å². The first-order valence-corrected chi connectivity index (χ1v) is 14.0. The molecular formula is C31H42N4O2. The van der Waals surface area contributed by atoms with Crippen LogP contribution in [0.1, 0.15) is 74.4 Å². The lowest BCUT2D eigenvalue weighted by atomic mass is 9.87. The number of aromatic nitrogens is 2. The molecule has 0 saturated carbocycles. The number of benzene rings is 1. The molecule has 2 saturated heterocycles. The van der Waals surface area contributed by atoms with E-state index in [0.29, 0.717) is 24.3 Å². The summed E-state index contributed by atoms with van der Waals surface area (Å²) >= 11 is 0. The van der Waals surface area contributed by atoms with Gasteiger partial charge in [-0.3, -0.25) is 14.7 Å². The van der Waals surface area contributed by atoms with Crippen molar-refractivity contribution >= 4 is 16.8 Å². The standard InChI is InChI=1S/C31H42N4O2/c1-19(2)30-27-15-24(6-7-28(27)33-31(30)25-13-21(4)32-22(5)14-25)23-8-10-34(11-9-23)17-29(37)35-16-20(3)12-26(35)18-36/h6-7,13-15,19-20,23,26,33,36H,8-12,16-18H2,1-5H3/t20-,26-/m0/s1. The molecule has 2 N–H and O–H groups in total. The van der Waals surface area contributed by atoms with Crippen molar-refractivity contribution in [2.45, 2.75) is 71.8 Å². The molecule has 2 aliphatic heterocycles. The molecule has 1 amide bonds. The summed E-state index contributed by atoms with van der Waals surface area (Å²) < 4.78 is 0. The van der Waals surface area contributed by atoms with Crippen molar-refractivity contribution in [1.29, 1.82) is 0 Å². The smallest absolute Gasteiger partial charge is 0.237 e. The molecule has 0 spiro atoms. The average Bonchev–Trinajstić information content (AvgIpc) is 3.44. The third kappa shape index (κ3) is 5.32. The van der Waals surface area contributed by atoms with Gasteiger partial charge in [0.05, 0.1) is 24.9 Å². The Bertz CT molecular complexity index is 1250. The highest BCUT2D eigenvalue weighted by atomic mass is 16.3. The molecule has 0 aliphatic carbocycles. The van der Waals surface area contributed by atoms with Crippen molar-refractivity contribution in [3.63, 3.8) is 0 Å². The fraction of sp³-hybridized carbons (Fsp3) is 0.548. The van der Waals surface area contributed by atoms with E-state index in [1.165, 1.54) is 33.3 Å². The highest BCUT2D eigenvalue weighted by Crippen LogP contribution is 2.38. The Balaban J connectivity index is 1.31. The number of carbonyl (C=O) groups excluding carboxylic acids is 1. The minimum atomic E-state index is -0.00635. The van der Waals surface area contributed by atoms with Crippen LogP contribution in [0.25, 0.3) is 22.2 Å². The Hall–Kier alpha value is -2.70. The minimum Gasteiger partial charge on any atom is -0.394 e. The fourth-order valence-corrected chi connectivity index (χ4v) is 6.63. The Morgan fingerprint density at radius 2 is 1.84 bits per heavy atom. The summed E-state index contributed by atoms with van der Waals surface area (Å²) in [6.45, 7) is 14.0. The maximum atomic E-state index is 13.0. The van der Waals surface area contributed by atoms with Gasteiger partial charge in [0.2, 0.25) is 5.91 Å². The monoisotopic (exact) mass is 502 g/mol. The third-order valence-corrected chi connectivity index (χ3v) is 8.38. The van der Waals surface area contributed by atoms with Crippen LogP contribution >= 0.6 is 0 Å². The maximum Gasteiger partial charge on any atom is 0.237 e. The lowest BCUT2D eigenvalue weighted by Gasteiger charge is -2.33. The highest BCUT2D eigenvalue weighted by Gasteiger charge is 2.33. The van der Waals surface area contributed by atoms with Crippen molar-refractivity contribution in [3.8, 4) is 11.3 Å². The number of nitrogens with zero attached hydrogens (tertiary/aromatic N) is 3. The van der Waals surface area contributed by atoms with Crippen LogP contribution < -0.4 is 0 Å². The minimum absolute atomic E-state index is 0.00635. The SMILES string of the molecule is Cc1cc(-c2[nH]c3ccc(C4CCN(CC(=O)N5C[C@@H](C)C[C@H]5CO)CC4)cc3c2C(C)C)cc(C)n1. The van der Waals surface area contributed by atoms with Gasteiger partial charge in [-0.2, -0.15) is 0 Å². The molecule has 6 nitrogen and oxygen atoms in total. The van der Waals surface area contributed by atoms with Crippen molar-refractivity contribution in [1.82, 2.24) is 19.8 Å². The number of aliphatic hydroxyl groups is 1. The molecule has 6 heteroatoms. The number of aryl methyl sites for hydroxylation is 2. The van der Waals surface area contributed by atoms with Crippen LogP contribution in [0.2, 0.25) is 0 Å². The number of rotatable bonds is 6. The predicted molar refractivity (Wildman–Crippen MR) is 150 cm³/mol. The van der Waals surface area contributed by atoms with Gasteiger partial charge in [0.1, 0.15) is 0 Å². The van der Waals surface area contributed by atoms with E-state index in [-0.39, 0.29) is 18.6 Å². The van der Waals surface area contributed by atoms with Gasteiger partial charge < -0.3 is 15.0 Å². The van der Waals surface area contributed by atoms with Gasteiger partial charge in [0, 0.05) is 34.4 Å². The third-order valence-electron chi connectivity index (χ3n) is 8.38. The van der Waals surface area contributed by atoms with Crippen molar-refractivity contribution < 1.29 is 9.90 Å². The van der Waals surface area contributed by atoms with Gasteiger partial charge in [0.15, 0.2) is 0 Å². The van der Waals surface area contributed by atoms with Crippen LogP contribution in [0.5, 0.6) is 0 Å². The first-order chi connectivity index (χ1) is 17.7. The van der Waals surface area contributed by atoms with Crippen LogP contribution in [-0.4, -0.2) is 69.6 Å². The highest BCUT2D eigenvalue weighted by molar-refractivity contribution is 5.92. The van der Waals surface area contributed by atoms with E-state index < -0.39 is 0 Å². The maximum absolute atomic E-state index is 13.0. The molecular weight excluding hydrogens is 460 g/mol. The zero-order valence-corrected chi connectivity index (χ0v) is 23.1. The second kappa shape index (κ2) is 10.6. The van der Waals surface area contributed by atoms with Crippen LogP contribution in [0, 0.1) is 19.8 Å². The number of hydrogen-bond donors (Lipinski definition) is 2. The predicted octanol–water partition coefficient (Wildman–Crippen LogP) is 5.38. The molecule has 2 aromatic heterocycles. The van der Waals surface area contributed by atoms with E-state index in [1.54, 1.807) is 0 Å². The van der Waals surface area contributed by atoms with E-state index >= 15 is 0 Å². The van der Waals surface area contributed by atoms with Gasteiger partial charge in [0.25, 0.3) is 0 Å². The number of aliphatic hydroxyl groups excluding tert-OH is 1. The average molecular weight is 503 g/mol. The number of pyridine rings is 1. The van der Waals surface area contributed by atoms with Gasteiger partial charge in [-0.05, 0) is 99.3 Å². The summed E-state index contributed by atoms with van der Waals surface area (Å²) in [7, 11) is 0. The molecule has 198 valence electrons. The molecule has 2 fully saturated rings. The first kappa shape index (κ1) is 25.9. The van der Waals surface area contributed by atoms with Gasteiger partial charge in [-0.1, -0.05) is 26.8 Å². The lowest BCUT2D eigenvalue weighted by molar-refractivity contribution is -0.134. The number of H-pyrrole nitrogens is 1. The zero-order valence-electron chi connectivity index (χ0n) is 23.1. The van der Waals surface area contributed by atoms with Crippen LogP contribution in [0.4, 0.5) is 0 Å².